The minimum atomic E-state index is -0.366. The molecule has 0 aliphatic heterocycles. The van der Waals surface area contributed by atoms with Crippen molar-refractivity contribution in [2.75, 3.05) is 0 Å². The zero-order valence-electron chi connectivity index (χ0n) is 16.7. The molecule has 0 saturated heterocycles. The summed E-state index contributed by atoms with van der Waals surface area (Å²) in [7, 11) is 0. The maximum absolute atomic E-state index is 12.9. The van der Waals surface area contributed by atoms with Gasteiger partial charge in [-0.05, 0) is 55.9 Å². The fraction of sp³-hybridized carbons (Fsp3) is 0.478. The monoisotopic (exact) mass is 394 g/mol. The third-order valence-corrected chi connectivity index (χ3v) is 6.14. The van der Waals surface area contributed by atoms with Crippen LogP contribution >= 0.6 is 0 Å². The van der Waals surface area contributed by atoms with Gasteiger partial charge in [0.25, 0.3) is 0 Å². The predicted molar refractivity (Wildman–Crippen MR) is 109 cm³/mol. The number of nitrogens with zero attached hydrogens (tertiary/aromatic N) is 2. The Balaban J connectivity index is 1.21. The summed E-state index contributed by atoms with van der Waals surface area (Å²) in [6.45, 7) is 3.26. The maximum Gasteiger partial charge on any atom is 0.419 e. The van der Waals surface area contributed by atoms with Crippen molar-refractivity contribution in [2.24, 2.45) is 5.92 Å². The number of amides is 1. The van der Waals surface area contributed by atoms with Gasteiger partial charge in [-0.2, -0.15) is 0 Å². The molecule has 1 amide bonds. The second-order valence-corrected chi connectivity index (χ2v) is 8.47. The molecular formula is C23H26N2O4. The highest BCUT2D eigenvalue weighted by molar-refractivity contribution is 5.77. The Bertz CT molecular complexity index is 1090. The van der Waals surface area contributed by atoms with Crippen molar-refractivity contribution in [1.29, 1.82) is 0 Å². The van der Waals surface area contributed by atoms with Crippen molar-refractivity contribution >= 4 is 17.0 Å². The van der Waals surface area contributed by atoms with E-state index >= 15 is 0 Å². The van der Waals surface area contributed by atoms with Gasteiger partial charge in [-0.25, -0.2) is 4.79 Å². The van der Waals surface area contributed by atoms with E-state index in [4.69, 9.17) is 8.83 Å². The number of carbonyl (C=O) groups is 1. The third kappa shape index (κ3) is 3.76. The number of fused-ring (bicyclic) bond motifs is 1. The van der Waals surface area contributed by atoms with Crippen molar-refractivity contribution in [3.63, 3.8) is 0 Å². The van der Waals surface area contributed by atoms with Gasteiger partial charge in [0, 0.05) is 24.9 Å². The number of oxazole rings is 1. The van der Waals surface area contributed by atoms with Crippen LogP contribution in [0.5, 0.6) is 0 Å². The van der Waals surface area contributed by atoms with Crippen molar-refractivity contribution in [3.05, 3.63) is 58.5 Å². The normalized spacial score (nSPS) is 20.9. The molecule has 2 aliphatic carbocycles. The van der Waals surface area contributed by atoms with Crippen LogP contribution in [0.4, 0.5) is 0 Å². The molecule has 2 heterocycles. The molecule has 2 aromatic heterocycles. The summed E-state index contributed by atoms with van der Waals surface area (Å²) in [5, 5.41) is 0. The molecule has 152 valence electrons. The van der Waals surface area contributed by atoms with Crippen LogP contribution in [0.1, 0.15) is 56.5 Å². The van der Waals surface area contributed by atoms with E-state index in [1.54, 1.807) is 10.6 Å². The molecule has 6 nitrogen and oxygen atoms in total. The number of carbonyl (C=O) groups excluding carboxylic acids is 1. The molecule has 3 aromatic rings. The van der Waals surface area contributed by atoms with Crippen LogP contribution in [-0.2, 0) is 17.9 Å². The van der Waals surface area contributed by atoms with Crippen molar-refractivity contribution in [3.8, 4) is 0 Å². The molecule has 1 aromatic carbocycles. The molecule has 29 heavy (non-hydrogen) atoms. The van der Waals surface area contributed by atoms with Crippen molar-refractivity contribution in [1.82, 2.24) is 9.47 Å². The second-order valence-electron chi connectivity index (χ2n) is 8.47. The lowest BCUT2D eigenvalue weighted by Crippen LogP contribution is -2.32. The van der Waals surface area contributed by atoms with Gasteiger partial charge < -0.3 is 13.7 Å². The first kappa shape index (κ1) is 18.3. The van der Waals surface area contributed by atoms with E-state index in [0.29, 0.717) is 49.4 Å². The van der Waals surface area contributed by atoms with Gasteiger partial charge in [0.1, 0.15) is 11.5 Å². The number of furan rings is 1. The predicted octanol–water partition coefficient (Wildman–Crippen LogP) is 4.28. The number of aromatic nitrogens is 1. The van der Waals surface area contributed by atoms with Crippen LogP contribution < -0.4 is 5.76 Å². The Kier molecular flexibility index (Phi) is 4.57. The van der Waals surface area contributed by atoms with E-state index in [0.717, 1.165) is 29.9 Å². The lowest BCUT2D eigenvalue weighted by molar-refractivity contribution is -0.132. The Morgan fingerprint density at radius 3 is 2.72 bits per heavy atom. The SMILES string of the molecule is CC1CC1c1ccc(CN(C(=O)CCCn2c(=O)oc3ccccc32)C2CC2)o1. The van der Waals surface area contributed by atoms with Gasteiger partial charge in [0.05, 0.1) is 12.1 Å². The first-order valence-corrected chi connectivity index (χ1v) is 10.6. The van der Waals surface area contributed by atoms with E-state index in [9.17, 15) is 9.59 Å². The van der Waals surface area contributed by atoms with E-state index in [2.05, 4.69) is 13.0 Å². The molecule has 5 rings (SSSR count). The fourth-order valence-corrected chi connectivity index (χ4v) is 4.13. The van der Waals surface area contributed by atoms with Crippen LogP contribution in [0.2, 0.25) is 0 Å². The van der Waals surface area contributed by atoms with Gasteiger partial charge in [-0.3, -0.25) is 9.36 Å². The van der Waals surface area contributed by atoms with Crippen molar-refractivity contribution < 1.29 is 13.6 Å². The molecule has 2 saturated carbocycles. The van der Waals surface area contributed by atoms with Crippen LogP contribution in [0.25, 0.3) is 11.1 Å². The minimum absolute atomic E-state index is 0.131. The van der Waals surface area contributed by atoms with Crippen LogP contribution in [0.15, 0.2) is 50.0 Å². The number of aryl methyl sites for hydroxylation is 1. The zero-order chi connectivity index (χ0) is 20.0. The highest BCUT2D eigenvalue weighted by Gasteiger charge is 2.37. The standard InChI is InChI=1S/C23H26N2O4/c1-15-13-18(15)20-11-10-17(28-20)14-25(16-8-9-16)22(26)7-4-12-24-19-5-2-3-6-21(19)29-23(24)27/h2-3,5-6,10-11,15-16,18H,4,7-9,12-14H2,1H3. The van der Waals surface area contributed by atoms with E-state index < -0.39 is 0 Å². The average Bonchev–Trinajstić information content (AvgIpc) is 3.61. The van der Waals surface area contributed by atoms with Gasteiger partial charge in [-0.15, -0.1) is 0 Å². The molecular weight excluding hydrogens is 368 g/mol. The Morgan fingerprint density at radius 2 is 1.97 bits per heavy atom. The Morgan fingerprint density at radius 1 is 1.17 bits per heavy atom. The highest BCUT2D eigenvalue weighted by atomic mass is 16.4. The molecule has 2 unspecified atom stereocenters. The summed E-state index contributed by atoms with van der Waals surface area (Å²) in [5.74, 6) is 2.95. The van der Waals surface area contributed by atoms with Gasteiger partial charge in [0.2, 0.25) is 5.91 Å². The van der Waals surface area contributed by atoms with E-state index in [1.807, 2.05) is 29.2 Å². The molecule has 2 atom stereocenters. The van der Waals surface area contributed by atoms with Gasteiger partial charge in [0.15, 0.2) is 5.58 Å². The topological polar surface area (TPSA) is 68.6 Å². The van der Waals surface area contributed by atoms with E-state index in [1.165, 1.54) is 6.42 Å². The number of rotatable bonds is 8. The second kappa shape index (κ2) is 7.25. The molecule has 0 radical (unpaired) electrons. The smallest absolute Gasteiger partial charge is 0.419 e. The maximum atomic E-state index is 12.9. The lowest BCUT2D eigenvalue weighted by atomic mass is 10.2. The molecule has 2 fully saturated rings. The summed E-state index contributed by atoms with van der Waals surface area (Å²) in [6, 6.07) is 11.8. The fourth-order valence-electron chi connectivity index (χ4n) is 4.13. The van der Waals surface area contributed by atoms with Crippen molar-refractivity contribution in [2.45, 2.75) is 64.1 Å². The third-order valence-electron chi connectivity index (χ3n) is 6.14. The molecule has 0 spiro atoms. The Labute approximate surface area is 169 Å². The summed E-state index contributed by atoms with van der Waals surface area (Å²) in [4.78, 5) is 26.9. The van der Waals surface area contributed by atoms with Crippen LogP contribution in [-0.4, -0.2) is 21.4 Å². The van der Waals surface area contributed by atoms with Crippen LogP contribution in [0.3, 0.4) is 0 Å². The number of benzene rings is 1. The van der Waals surface area contributed by atoms with E-state index in [-0.39, 0.29) is 11.7 Å². The number of hydrogen-bond donors (Lipinski definition) is 0. The summed E-state index contributed by atoms with van der Waals surface area (Å²) in [5.41, 5.74) is 1.36. The zero-order valence-corrected chi connectivity index (χ0v) is 16.7. The molecule has 6 heteroatoms. The quantitative estimate of drug-likeness (QED) is 0.572. The average molecular weight is 394 g/mol. The summed E-state index contributed by atoms with van der Waals surface area (Å²) >= 11 is 0. The number of para-hydroxylation sites is 2. The Hall–Kier alpha value is -2.76. The molecule has 0 bridgehead atoms. The summed E-state index contributed by atoms with van der Waals surface area (Å²) in [6.07, 6.45) is 4.33. The molecule has 0 N–H and O–H groups in total. The highest BCUT2D eigenvalue weighted by Crippen LogP contribution is 2.47. The van der Waals surface area contributed by atoms with Gasteiger partial charge >= 0.3 is 5.76 Å². The first-order valence-electron chi connectivity index (χ1n) is 10.6. The van der Waals surface area contributed by atoms with Gasteiger partial charge in [-0.1, -0.05) is 19.1 Å². The first-order chi connectivity index (χ1) is 14.1. The summed E-state index contributed by atoms with van der Waals surface area (Å²) < 4.78 is 12.9. The number of hydrogen-bond acceptors (Lipinski definition) is 4. The molecule has 2 aliphatic rings. The lowest BCUT2D eigenvalue weighted by Gasteiger charge is -2.21. The minimum Gasteiger partial charge on any atom is -0.464 e. The van der Waals surface area contributed by atoms with Crippen LogP contribution in [0, 0.1) is 5.92 Å². The largest absolute Gasteiger partial charge is 0.464 e.